The lowest BCUT2D eigenvalue weighted by molar-refractivity contribution is -0.110. The molecule has 0 aromatic heterocycles. The number of hydrogen-bond acceptors (Lipinski definition) is 4. The number of halogens is 2. The fraction of sp³-hybridized carbons (Fsp3) is 0.361. The van der Waals surface area contributed by atoms with Crippen molar-refractivity contribution in [2.75, 3.05) is 7.11 Å². The molecule has 1 atom stereocenters. The number of nitrogens with zero attached hydrogens (tertiary/aromatic N) is 1. The Morgan fingerprint density at radius 2 is 1.52 bits per heavy atom. The number of Topliss-reactive ketones (excluding diaryl/α,β-unsaturated/α-hetero) is 1. The Hall–Kier alpha value is -3.21. The average Bonchev–Trinajstić information content (AvgIpc) is 3.00. The SMILES string of the molecule is C=C(C(=O)C(=NC1(C)CCCCC1)c1ccc(-c2c(Cl)cccc2Cl)cc1)[C@H](CCCC)c1ccc(C(=O)OC)cc1. The predicted molar refractivity (Wildman–Crippen MR) is 174 cm³/mol. The zero-order valence-electron chi connectivity index (χ0n) is 24.7. The Labute approximate surface area is 259 Å². The number of hydrogen-bond donors (Lipinski definition) is 0. The van der Waals surface area contributed by atoms with Gasteiger partial charge in [0.1, 0.15) is 5.71 Å². The normalized spacial score (nSPS) is 15.6. The van der Waals surface area contributed by atoms with Gasteiger partial charge >= 0.3 is 5.97 Å². The Morgan fingerprint density at radius 3 is 2.10 bits per heavy atom. The predicted octanol–water partition coefficient (Wildman–Crippen LogP) is 10.1. The molecule has 4 rings (SSSR count). The second kappa shape index (κ2) is 14.3. The number of aliphatic imine (C=N–C) groups is 1. The third kappa shape index (κ3) is 7.40. The van der Waals surface area contributed by atoms with E-state index in [0.29, 0.717) is 26.9 Å². The monoisotopic (exact) mass is 603 g/mol. The van der Waals surface area contributed by atoms with Crippen molar-refractivity contribution in [3.8, 4) is 11.1 Å². The van der Waals surface area contributed by atoms with Gasteiger partial charge in [-0.25, -0.2) is 4.79 Å². The summed E-state index contributed by atoms with van der Waals surface area (Å²) < 4.78 is 4.86. The molecule has 1 aliphatic carbocycles. The van der Waals surface area contributed by atoms with Gasteiger partial charge in [-0.1, -0.05) is 111 Å². The molecule has 0 bridgehead atoms. The fourth-order valence-electron chi connectivity index (χ4n) is 5.74. The van der Waals surface area contributed by atoms with Crippen LogP contribution in [0.4, 0.5) is 0 Å². The largest absolute Gasteiger partial charge is 0.465 e. The van der Waals surface area contributed by atoms with Gasteiger partial charge in [0.2, 0.25) is 5.78 Å². The van der Waals surface area contributed by atoms with Crippen LogP contribution < -0.4 is 0 Å². The lowest BCUT2D eigenvalue weighted by atomic mass is 9.81. The summed E-state index contributed by atoms with van der Waals surface area (Å²) in [5.74, 6) is -0.739. The molecular formula is C36H39Cl2NO3. The number of methoxy groups -OCH3 is 1. The van der Waals surface area contributed by atoms with E-state index in [1.54, 1.807) is 12.1 Å². The van der Waals surface area contributed by atoms with E-state index < -0.39 is 5.97 Å². The summed E-state index contributed by atoms with van der Waals surface area (Å²) in [5, 5.41) is 1.14. The Kier molecular flexibility index (Phi) is 10.8. The highest BCUT2D eigenvalue weighted by atomic mass is 35.5. The minimum Gasteiger partial charge on any atom is -0.465 e. The van der Waals surface area contributed by atoms with Gasteiger partial charge < -0.3 is 4.74 Å². The smallest absolute Gasteiger partial charge is 0.337 e. The fourth-order valence-corrected chi connectivity index (χ4v) is 6.36. The molecule has 1 saturated carbocycles. The number of allylic oxidation sites excluding steroid dienone is 1. The number of ketones is 1. The molecule has 220 valence electrons. The summed E-state index contributed by atoms with van der Waals surface area (Å²) in [4.78, 5) is 31.6. The van der Waals surface area contributed by atoms with E-state index in [1.807, 2.05) is 54.6 Å². The molecule has 0 spiro atoms. The van der Waals surface area contributed by atoms with Crippen molar-refractivity contribution in [1.29, 1.82) is 0 Å². The molecular weight excluding hydrogens is 565 g/mol. The minimum atomic E-state index is -0.391. The maximum Gasteiger partial charge on any atom is 0.337 e. The molecule has 3 aromatic carbocycles. The van der Waals surface area contributed by atoms with Crippen molar-refractivity contribution < 1.29 is 14.3 Å². The topological polar surface area (TPSA) is 55.7 Å². The van der Waals surface area contributed by atoms with E-state index in [9.17, 15) is 9.59 Å². The molecule has 1 aliphatic rings. The first-order valence-electron chi connectivity index (χ1n) is 14.7. The van der Waals surface area contributed by atoms with Crippen molar-refractivity contribution in [3.63, 3.8) is 0 Å². The summed E-state index contributed by atoms with van der Waals surface area (Å²) in [5.41, 5.74) is 4.43. The second-order valence-electron chi connectivity index (χ2n) is 11.4. The maximum atomic E-state index is 14.4. The summed E-state index contributed by atoms with van der Waals surface area (Å²) in [6.45, 7) is 8.64. The van der Waals surface area contributed by atoms with Gasteiger partial charge in [0.05, 0.1) is 18.2 Å². The van der Waals surface area contributed by atoms with Gasteiger partial charge in [-0.15, -0.1) is 0 Å². The molecule has 0 aliphatic heterocycles. The number of esters is 1. The summed E-state index contributed by atoms with van der Waals surface area (Å²) >= 11 is 13.0. The van der Waals surface area contributed by atoms with E-state index in [-0.39, 0.29) is 17.2 Å². The molecule has 1 fully saturated rings. The van der Waals surface area contributed by atoms with Gasteiger partial charge in [-0.3, -0.25) is 9.79 Å². The highest BCUT2D eigenvalue weighted by Crippen LogP contribution is 2.37. The molecule has 0 N–H and O–H groups in total. The third-order valence-electron chi connectivity index (χ3n) is 8.23. The van der Waals surface area contributed by atoms with Crippen molar-refractivity contribution in [2.24, 2.45) is 4.99 Å². The van der Waals surface area contributed by atoms with Crippen LogP contribution in [0.1, 0.15) is 92.6 Å². The first-order chi connectivity index (χ1) is 20.2. The summed E-state index contributed by atoms with van der Waals surface area (Å²) in [6.07, 6.45) is 7.96. The summed E-state index contributed by atoms with van der Waals surface area (Å²) in [6, 6.07) is 20.5. The van der Waals surface area contributed by atoms with Crippen LogP contribution in [0.15, 0.2) is 83.9 Å². The number of benzene rings is 3. The van der Waals surface area contributed by atoms with Gasteiger partial charge in [0.15, 0.2) is 0 Å². The van der Waals surface area contributed by atoms with Crippen LogP contribution in [-0.4, -0.2) is 30.1 Å². The van der Waals surface area contributed by atoms with Crippen LogP contribution in [0.2, 0.25) is 10.0 Å². The van der Waals surface area contributed by atoms with E-state index in [2.05, 4.69) is 20.4 Å². The van der Waals surface area contributed by atoms with Gasteiger partial charge in [0, 0.05) is 32.7 Å². The van der Waals surface area contributed by atoms with E-state index in [4.69, 9.17) is 32.9 Å². The van der Waals surface area contributed by atoms with Crippen molar-refractivity contribution in [3.05, 3.63) is 106 Å². The number of ether oxygens (including phenoxy) is 1. The van der Waals surface area contributed by atoms with Crippen molar-refractivity contribution in [1.82, 2.24) is 0 Å². The number of carbonyl (C=O) groups is 2. The number of unbranched alkanes of at least 4 members (excludes halogenated alkanes) is 1. The van der Waals surface area contributed by atoms with Crippen LogP contribution in [0.3, 0.4) is 0 Å². The van der Waals surface area contributed by atoms with Crippen LogP contribution in [0.5, 0.6) is 0 Å². The summed E-state index contributed by atoms with van der Waals surface area (Å²) in [7, 11) is 1.37. The molecule has 3 aromatic rings. The highest BCUT2D eigenvalue weighted by Gasteiger charge is 2.31. The minimum absolute atomic E-state index is 0.150. The Morgan fingerprint density at radius 1 is 0.929 bits per heavy atom. The highest BCUT2D eigenvalue weighted by molar-refractivity contribution is 6.51. The van der Waals surface area contributed by atoms with Crippen molar-refractivity contribution in [2.45, 2.75) is 76.7 Å². The van der Waals surface area contributed by atoms with Crippen LogP contribution in [0, 0.1) is 0 Å². The molecule has 4 nitrogen and oxygen atoms in total. The van der Waals surface area contributed by atoms with E-state index in [1.165, 1.54) is 13.5 Å². The molecule has 0 saturated heterocycles. The van der Waals surface area contributed by atoms with Crippen LogP contribution in [0.25, 0.3) is 11.1 Å². The lowest BCUT2D eigenvalue weighted by Gasteiger charge is -2.31. The van der Waals surface area contributed by atoms with Crippen molar-refractivity contribution >= 4 is 40.7 Å². The zero-order chi connectivity index (χ0) is 30.3. The van der Waals surface area contributed by atoms with Gasteiger partial charge in [-0.05, 0) is 61.6 Å². The maximum absolute atomic E-state index is 14.4. The third-order valence-corrected chi connectivity index (χ3v) is 8.86. The first kappa shape index (κ1) is 31.7. The first-order valence-corrected chi connectivity index (χ1v) is 15.5. The molecule has 0 radical (unpaired) electrons. The number of carbonyl (C=O) groups excluding carboxylic acids is 2. The molecule has 6 heteroatoms. The Bertz CT molecular complexity index is 1430. The molecule has 0 heterocycles. The van der Waals surface area contributed by atoms with E-state index >= 15 is 0 Å². The molecule has 0 amide bonds. The standard InChI is InChI=1S/C36H39Cl2NO3/c1-5-6-11-29(25-14-20-28(21-15-25)35(41)42-4)24(2)34(40)33(39-36(3)22-8-7-9-23-36)27-18-16-26(17-19-27)32-30(37)12-10-13-31(32)38/h10,12-21,29H,2,5-9,11,22-23H2,1,3-4H3/t29-/m0/s1. The van der Waals surface area contributed by atoms with Gasteiger partial charge in [0.25, 0.3) is 0 Å². The lowest BCUT2D eigenvalue weighted by Crippen LogP contribution is -2.31. The van der Waals surface area contributed by atoms with Gasteiger partial charge in [-0.2, -0.15) is 0 Å². The van der Waals surface area contributed by atoms with E-state index in [0.717, 1.165) is 67.2 Å². The Balaban J connectivity index is 1.73. The molecule has 0 unspecified atom stereocenters. The second-order valence-corrected chi connectivity index (χ2v) is 12.2. The zero-order valence-corrected chi connectivity index (χ0v) is 26.2. The molecule has 42 heavy (non-hydrogen) atoms. The number of rotatable bonds is 11. The quantitative estimate of drug-likeness (QED) is 0.124. The average molecular weight is 605 g/mol. The van der Waals surface area contributed by atoms with Crippen LogP contribution in [-0.2, 0) is 9.53 Å². The van der Waals surface area contributed by atoms with Crippen LogP contribution >= 0.6 is 23.2 Å².